The predicted molar refractivity (Wildman–Crippen MR) is 67.8 cm³/mol. The first-order valence-electron chi connectivity index (χ1n) is 5.59. The molecule has 1 aromatic rings. The molecular weight excluding hydrogens is 313 g/mol. The largest absolute Gasteiger partial charge is 0.469 e. The lowest BCUT2D eigenvalue weighted by atomic mass is 10.2. The van der Waals surface area contributed by atoms with Crippen LogP contribution in [0.3, 0.4) is 0 Å². The van der Waals surface area contributed by atoms with E-state index >= 15 is 0 Å². The Bertz CT molecular complexity index is 551. The van der Waals surface area contributed by atoms with Crippen LogP contribution < -0.4 is 0 Å². The third kappa shape index (κ3) is 4.59. The molecule has 0 radical (unpaired) electrons. The fourth-order valence-electron chi connectivity index (χ4n) is 1.32. The Morgan fingerprint density at radius 1 is 1.57 bits per heavy atom. The molecule has 10 heteroatoms. The average molecular weight is 324 g/mol. The summed E-state index contributed by atoms with van der Waals surface area (Å²) in [6, 6.07) is 0.604. The van der Waals surface area contributed by atoms with Crippen molar-refractivity contribution < 1.29 is 27.6 Å². The molecule has 0 aliphatic rings. The van der Waals surface area contributed by atoms with Gasteiger partial charge in [0.1, 0.15) is 11.9 Å². The maximum absolute atomic E-state index is 12.6. The van der Waals surface area contributed by atoms with Gasteiger partial charge in [0.15, 0.2) is 0 Å². The van der Waals surface area contributed by atoms with Crippen molar-refractivity contribution in [3.05, 3.63) is 28.1 Å². The summed E-state index contributed by atoms with van der Waals surface area (Å²) in [7, 11) is 1.18. The minimum atomic E-state index is -4.70. The van der Waals surface area contributed by atoms with Gasteiger partial charge in [-0.2, -0.15) is 13.2 Å². The van der Waals surface area contributed by atoms with Crippen molar-refractivity contribution in [3.8, 4) is 0 Å². The van der Waals surface area contributed by atoms with Gasteiger partial charge in [-0.1, -0.05) is 6.92 Å². The highest BCUT2D eigenvalue weighted by Gasteiger charge is 2.34. The number of pyridine rings is 1. The summed E-state index contributed by atoms with van der Waals surface area (Å²) >= 11 is 0.775. The quantitative estimate of drug-likeness (QED) is 0.358. The molecule has 0 N–H and O–H groups in total. The second-order valence-electron chi connectivity index (χ2n) is 4.03. The van der Waals surface area contributed by atoms with E-state index < -0.39 is 34.4 Å². The second kappa shape index (κ2) is 6.74. The van der Waals surface area contributed by atoms with E-state index in [2.05, 4.69) is 9.72 Å². The van der Waals surface area contributed by atoms with Gasteiger partial charge in [0.05, 0.1) is 22.8 Å². The fourth-order valence-corrected chi connectivity index (χ4v) is 2.36. The second-order valence-corrected chi connectivity index (χ2v) is 5.09. The first kappa shape index (κ1) is 17.2. The Labute approximate surface area is 121 Å². The zero-order valence-corrected chi connectivity index (χ0v) is 11.8. The van der Waals surface area contributed by atoms with Crippen LogP contribution in [-0.2, 0) is 15.7 Å². The van der Waals surface area contributed by atoms with Crippen LogP contribution >= 0.6 is 11.8 Å². The first-order chi connectivity index (χ1) is 9.66. The van der Waals surface area contributed by atoms with Crippen molar-refractivity contribution >= 4 is 23.4 Å². The Morgan fingerprint density at radius 2 is 2.19 bits per heavy atom. The van der Waals surface area contributed by atoms with Crippen molar-refractivity contribution in [1.82, 2.24) is 4.98 Å². The maximum atomic E-state index is 12.6. The highest BCUT2D eigenvalue weighted by Crippen LogP contribution is 2.35. The van der Waals surface area contributed by atoms with Crippen molar-refractivity contribution in [2.45, 2.75) is 18.0 Å². The van der Waals surface area contributed by atoms with Crippen molar-refractivity contribution in [3.63, 3.8) is 0 Å². The molecule has 0 spiro atoms. The molecule has 1 unspecified atom stereocenters. The number of esters is 1. The van der Waals surface area contributed by atoms with Crippen molar-refractivity contribution in [2.24, 2.45) is 5.92 Å². The molecule has 1 heterocycles. The fraction of sp³-hybridized carbons (Fsp3) is 0.455. The number of ether oxygens (including phenoxy) is 1. The number of carbonyl (C=O) groups is 1. The van der Waals surface area contributed by atoms with Gasteiger partial charge in [0.2, 0.25) is 0 Å². The van der Waals surface area contributed by atoms with Gasteiger partial charge in [-0.15, -0.1) is 11.8 Å². The number of nitrogens with zero attached hydrogens (tertiary/aromatic N) is 2. The van der Waals surface area contributed by atoms with E-state index in [0.29, 0.717) is 12.3 Å². The summed E-state index contributed by atoms with van der Waals surface area (Å²) in [5.74, 6) is -1.10. The van der Waals surface area contributed by atoms with Crippen LogP contribution in [-0.4, -0.2) is 28.7 Å². The molecule has 0 saturated carbocycles. The monoisotopic (exact) mass is 324 g/mol. The average Bonchev–Trinajstić information content (AvgIpc) is 2.42. The van der Waals surface area contributed by atoms with E-state index in [1.165, 1.54) is 14.0 Å². The molecule has 0 aliphatic heterocycles. The molecule has 21 heavy (non-hydrogen) atoms. The number of alkyl halides is 3. The van der Waals surface area contributed by atoms with E-state index in [1.54, 1.807) is 0 Å². The molecule has 116 valence electrons. The summed E-state index contributed by atoms with van der Waals surface area (Å²) in [6.07, 6.45) is -4.13. The van der Waals surface area contributed by atoms with E-state index in [0.717, 1.165) is 11.8 Å². The number of carbonyl (C=O) groups excluding carboxylic acids is 1. The lowest BCUT2D eigenvalue weighted by molar-refractivity contribution is -0.388. The van der Waals surface area contributed by atoms with Crippen LogP contribution in [0.5, 0.6) is 0 Å². The van der Waals surface area contributed by atoms with Gasteiger partial charge in [-0.3, -0.25) is 14.9 Å². The summed E-state index contributed by atoms with van der Waals surface area (Å²) in [6.45, 7) is 1.51. The highest BCUT2D eigenvalue weighted by molar-refractivity contribution is 7.99. The molecule has 1 rings (SSSR count). The normalized spacial score (nSPS) is 12.8. The third-order valence-electron chi connectivity index (χ3n) is 2.43. The summed E-state index contributed by atoms with van der Waals surface area (Å²) < 4.78 is 42.2. The maximum Gasteiger partial charge on any atom is 0.433 e. The minimum absolute atomic E-state index is 0.0504. The van der Waals surface area contributed by atoms with Gasteiger partial charge in [0, 0.05) is 5.75 Å². The van der Waals surface area contributed by atoms with Crippen LogP contribution in [0.15, 0.2) is 17.2 Å². The zero-order chi connectivity index (χ0) is 16.2. The van der Waals surface area contributed by atoms with Gasteiger partial charge in [-0.05, 0) is 6.07 Å². The molecule has 0 aliphatic carbocycles. The van der Waals surface area contributed by atoms with Gasteiger partial charge >= 0.3 is 17.8 Å². The lowest BCUT2D eigenvalue weighted by Gasteiger charge is -2.10. The predicted octanol–water partition coefficient (Wildman–Crippen LogP) is 2.91. The molecule has 0 bridgehead atoms. The SMILES string of the molecule is COC(=O)C(C)CSc1cc(C(F)(F)F)ncc1[N+](=O)[O-]. The number of aromatic nitrogens is 1. The molecule has 0 aromatic carbocycles. The van der Waals surface area contributed by atoms with Gasteiger partial charge in [0.25, 0.3) is 0 Å². The molecule has 6 nitrogen and oxygen atoms in total. The molecular formula is C11H11F3N2O4S. The number of methoxy groups -OCH3 is 1. The van der Waals surface area contributed by atoms with Crippen LogP contribution in [0.1, 0.15) is 12.6 Å². The van der Waals surface area contributed by atoms with E-state index in [4.69, 9.17) is 0 Å². The molecule has 0 saturated heterocycles. The Hall–Kier alpha value is -1.84. The topological polar surface area (TPSA) is 82.3 Å². The molecule has 1 aromatic heterocycles. The number of nitro groups is 1. The van der Waals surface area contributed by atoms with Crippen LogP contribution in [0.2, 0.25) is 0 Å². The van der Waals surface area contributed by atoms with Crippen LogP contribution in [0, 0.1) is 16.0 Å². The Balaban J connectivity index is 3.02. The highest BCUT2D eigenvalue weighted by atomic mass is 32.2. The standard InChI is InChI=1S/C11H11F3N2O4S/c1-6(10(17)20-2)5-21-8-3-9(11(12,13)14)15-4-7(8)16(18)19/h3-4,6H,5H2,1-2H3. The molecule has 0 fully saturated rings. The summed E-state index contributed by atoms with van der Waals surface area (Å²) in [4.78, 5) is 24.0. The smallest absolute Gasteiger partial charge is 0.433 e. The molecule has 0 amide bonds. The van der Waals surface area contributed by atoms with E-state index in [-0.39, 0.29) is 10.6 Å². The van der Waals surface area contributed by atoms with Crippen LogP contribution in [0.4, 0.5) is 18.9 Å². The summed E-state index contributed by atoms with van der Waals surface area (Å²) in [5, 5.41) is 10.8. The Kier molecular flexibility index (Phi) is 5.53. The van der Waals surface area contributed by atoms with Crippen LogP contribution in [0.25, 0.3) is 0 Å². The minimum Gasteiger partial charge on any atom is -0.469 e. The van der Waals surface area contributed by atoms with Crippen molar-refractivity contribution in [1.29, 1.82) is 0 Å². The third-order valence-corrected chi connectivity index (χ3v) is 3.73. The van der Waals surface area contributed by atoms with Gasteiger partial charge < -0.3 is 4.74 Å². The number of halogens is 3. The van der Waals surface area contributed by atoms with E-state index in [1.807, 2.05) is 0 Å². The summed E-state index contributed by atoms with van der Waals surface area (Å²) in [5.41, 5.74) is -1.76. The number of rotatable bonds is 5. The zero-order valence-electron chi connectivity index (χ0n) is 11.0. The number of hydrogen-bond acceptors (Lipinski definition) is 6. The molecule has 1 atom stereocenters. The van der Waals surface area contributed by atoms with Gasteiger partial charge in [-0.25, -0.2) is 4.98 Å². The lowest BCUT2D eigenvalue weighted by Crippen LogP contribution is -2.15. The Morgan fingerprint density at radius 3 is 2.67 bits per heavy atom. The number of hydrogen-bond donors (Lipinski definition) is 0. The first-order valence-corrected chi connectivity index (χ1v) is 6.57. The van der Waals surface area contributed by atoms with Crippen molar-refractivity contribution in [2.75, 3.05) is 12.9 Å². The number of thioether (sulfide) groups is 1. The van der Waals surface area contributed by atoms with E-state index in [9.17, 15) is 28.1 Å².